The van der Waals surface area contributed by atoms with Crippen LogP contribution in [0.5, 0.6) is 0 Å². The van der Waals surface area contributed by atoms with E-state index in [1.165, 1.54) is 19.3 Å². The summed E-state index contributed by atoms with van der Waals surface area (Å²) in [5.41, 5.74) is 3.48. The third-order valence-corrected chi connectivity index (χ3v) is 4.38. The Labute approximate surface area is 133 Å². The number of nitrogens with zero attached hydrogens (tertiary/aromatic N) is 1. The summed E-state index contributed by atoms with van der Waals surface area (Å²) in [6.45, 7) is 19.2. The quantitative estimate of drug-likeness (QED) is 0.518. The van der Waals surface area contributed by atoms with E-state index in [2.05, 4.69) is 39.6 Å². The molecule has 0 N–H and O–H groups in total. The lowest BCUT2D eigenvalue weighted by Crippen LogP contribution is -2.39. The molecule has 2 unspecified atom stereocenters. The van der Waals surface area contributed by atoms with Gasteiger partial charge in [0.25, 0.3) is 0 Å². The van der Waals surface area contributed by atoms with Crippen LogP contribution in [-0.4, -0.2) is 36.7 Å². The van der Waals surface area contributed by atoms with Crippen LogP contribution >= 0.6 is 0 Å². The monoisotopic (exact) mass is 297 g/mol. The van der Waals surface area contributed by atoms with Gasteiger partial charge in [0.2, 0.25) is 0 Å². The molecule has 1 aliphatic heterocycles. The van der Waals surface area contributed by atoms with E-state index >= 15 is 0 Å². The van der Waals surface area contributed by atoms with Gasteiger partial charge in [0.05, 0.1) is 6.61 Å². The summed E-state index contributed by atoms with van der Waals surface area (Å²) in [6.07, 6.45) is 3.85. The zero-order valence-electron chi connectivity index (χ0n) is 16.0. The van der Waals surface area contributed by atoms with Gasteiger partial charge in [-0.2, -0.15) is 0 Å². The molecular weight excluding hydrogens is 258 g/mol. The Morgan fingerprint density at radius 2 is 1.76 bits per heavy atom. The van der Waals surface area contributed by atoms with Gasteiger partial charge >= 0.3 is 0 Å². The fraction of sp³-hybridized carbons (Fsp3) is 0.895. The maximum Gasteiger partial charge on any atom is 0.101 e. The maximum absolute atomic E-state index is 5.49. The third kappa shape index (κ3) is 6.52. The molecular formula is C19H39NO. The summed E-state index contributed by atoms with van der Waals surface area (Å²) in [6, 6.07) is 0.721. The van der Waals surface area contributed by atoms with Crippen molar-refractivity contribution in [2.45, 2.75) is 86.3 Å². The van der Waals surface area contributed by atoms with Crippen molar-refractivity contribution in [3.8, 4) is 0 Å². The molecule has 0 aromatic rings. The summed E-state index contributed by atoms with van der Waals surface area (Å²) in [5.74, 6) is 0.727. The molecule has 0 radical (unpaired) electrons. The van der Waals surface area contributed by atoms with Gasteiger partial charge in [0.15, 0.2) is 0 Å². The first-order valence-corrected chi connectivity index (χ1v) is 8.94. The Morgan fingerprint density at radius 1 is 1.24 bits per heavy atom. The predicted octanol–water partition coefficient (Wildman–Crippen LogP) is 5.28. The van der Waals surface area contributed by atoms with E-state index in [1.54, 1.807) is 11.1 Å². The lowest BCUT2D eigenvalue weighted by atomic mass is 9.83. The highest BCUT2D eigenvalue weighted by Gasteiger charge is 2.41. The number of rotatable bonds is 4. The minimum absolute atomic E-state index is 0.157. The zero-order valence-corrected chi connectivity index (χ0v) is 16.0. The first-order chi connectivity index (χ1) is 9.91. The number of hydrogen-bond acceptors (Lipinski definition) is 2. The Bertz CT molecular complexity index is 316. The van der Waals surface area contributed by atoms with E-state index in [9.17, 15) is 0 Å². The van der Waals surface area contributed by atoms with E-state index in [-0.39, 0.29) is 5.60 Å². The molecule has 1 heterocycles. The van der Waals surface area contributed by atoms with E-state index in [4.69, 9.17) is 4.74 Å². The lowest BCUT2D eigenvalue weighted by Gasteiger charge is -2.35. The molecule has 0 saturated carbocycles. The smallest absolute Gasteiger partial charge is 0.101 e. The van der Waals surface area contributed by atoms with E-state index in [0.29, 0.717) is 0 Å². The second kappa shape index (κ2) is 9.63. The summed E-state index contributed by atoms with van der Waals surface area (Å²) in [7, 11) is 2.26. The van der Waals surface area contributed by atoms with Crippen molar-refractivity contribution < 1.29 is 4.74 Å². The number of ether oxygens (including phenoxy) is 1. The van der Waals surface area contributed by atoms with Crippen molar-refractivity contribution in [2.24, 2.45) is 5.92 Å². The molecule has 2 aliphatic rings. The first-order valence-electron chi connectivity index (χ1n) is 8.94. The van der Waals surface area contributed by atoms with Crippen LogP contribution in [0.1, 0.15) is 74.7 Å². The molecule has 2 rings (SSSR count). The lowest BCUT2D eigenvalue weighted by molar-refractivity contribution is 0.166. The molecule has 1 aliphatic carbocycles. The molecule has 126 valence electrons. The zero-order chi connectivity index (χ0) is 16.6. The third-order valence-electron chi connectivity index (χ3n) is 4.38. The molecule has 1 saturated heterocycles. The molecule has 0 aromatic heterocycles. The normalized spacial score (nSPS) is 27.9. The van der Waals surface area contributed by atoms with Crippen LogP contribution in [0.15, 0.2) is 11.1 Å². The summed E-state index contributed by atoms with van der Waals surface area (Å²) < 4.78 is 5.49. The Balaban J connectivity index is 0.000000921. The van der Waals surface area contributed by atoms with Crippen LogP contribution in [-0.2, 0) is 4.74 Å². The Kier molecular flexibility index (Phi) is 9.48. The number of hydrogen-bond donors (Lipinski definition) is 0. The highest BCUT2D eigenvalue weighted by atomic mass is 16.6. The summed E-state index contributed by atoms with van der Waals surface area (Å²) in [5, 5.41) is 0. The largest absolute Gasteiger partial charge is 0.369 e. The highest BCUT2D eigenvalue weighted by Crippen LogP contribution is 2.34. The van der Waals surface area contributed by atoms with Crippen LogP contribution in [0.25, 0.3) is 0 Å². The van der Waals surface area contributed by atoms with Gasteiger partial charge in [-0.1, -0.05) is 52.7 Å². The topological polar surface area (TPSA) is 15.8 Å². The molecule has 2 nitrogen and oxygen atoms in total. The number of likely N-dealkylation sites (N-methyl/N-ethyl adjacent to an activating group) is 1. The van der Waals surface area contributed by atoms with Gasteiger partial charge in [-0.25, -0.2) is 0 Å². The van der Waals surface area contributed by atoms with Crippen LogP contribution in [0, 0.1) is 5.92 Å². The van der Waals surface area contributed by atoms with Crippen LogP contribution in [0.2, 0.25) is 0 Å². The van der Waals surface area contributed by atoms with Crippen molar-refractivity contribution in [3.05, 3.63) is 11.1 Å². The molecule has 2 atom stereocenters. The minimum atomic E-state index is 0.157. The molecule has 0 aromatic carbocycles. The first kappa shape index (κ1) is 20.7. The SMILES string of the molecule is CC.CC.CC1=C(C(C)C)CCC(N(C)CC2(C)CO2)C1. The van der Waals surface area contributed by atoms with Gasteiger partial charge in [-0.3, -0.25) is 0 Å². The van der Waals surface area contributed by atoms with Crippen LogP contribution in [0.3, 0.4) is 0 Å². The second-order valence-electron chi connectivity index (χ2n) is 6.51. The highest BCUT2D eigenvalue weighted by molar-refractivity contribution is 5.19. The van der Waals surface area contributed by atoms with Crippen molar-refractivity contribution >= 4 is 0 Å². The molecule has 1 fully saturated rings. The Morgan fingerprint density at radius 3 is 2.14 bits per heavy atom. The average Bonchev–Trinajstić information content (AvgIpc) is 3.20. The second-order valence-corrected chi connectivity index (χ2v) is 6.51. The van der Waals surface area contributed by atoms with E-state index in [1.807, 2.05) is 27.7 Å². The van der Waals surface area contributed by atoms with Crippen molar-refractivity contribution in [1.82, 2.24) is 4.90 Å². The van der Waals surface area contributed by atoms with E-state index < -0.39 is 0 Å². The van der Waals surface area contributed by atoms with Crippen molar-refractivity contribution in [3.63, 3.8) is 0 Å². The number of epoxide rings is 1. The maximum atomic E-state index is 5.49. The van der Waals surface area contributed by atoms with E-state index in [0.717, 1.165) is 25.1 Å². The van der Waals surface area contributed by atoms with Gasteiger partial charge in [0.1, 0.15) is 5.60 Å². The fourth-order valence-electron chi connectivity index (χ4n) is 3.15. The summed E-state index contributed by atoms with van der Waals surface area (Å²) in [4.78, 5) is 2.51. The minimum Gasteiger partial charge on any atom is -0.369 e. The van der Waals surface area contributed by atoms with Crippen molar-refractivity contribution in [1.29, 1.82) is 0 Å². The van der Waals surface area contributed by atoms with Gasteiger partial charge < -0.3 is 9.64 Å². The van der Waals surface area contributed by atoms with Gasteiger partial charge in [-0.15, -0.1) is 0 Å². The average molecular weight is 298 g/mol. The molecule has 0 amide bonds. The standard InChI is InChI=1S/C15H27NO.2C2H6/c1-11(2)14-7-6-13(8-12(14)3)16(5)9-15(4)10-17-15;2*1-2/h11,13H,6-10H2,1-5H3;2*1-2H3. The number of allylic oxidation sites excluding steroid dienone is 1. The Hall–Kier alpha value is -0.340. The van der Waals surface area contributed by atoms with Gasteiger partial charge in [-0.05, 0) is 46.1 Å². The molecule has 0 spiro atoms. The fourth-order valence-corrected chi connectivity index (χ4v) is 3.15. The van der Waals surface area contributed by atoms with Crippen LogP contribution < -0.4 is 0 Å². The molecule has 0 bridgehead atoms. The summed E-state index contributed by atoms with van der Waals surface area (Å²) >= 11 is 0. The van der Waals surface area contributed by atoms with Crippen molar-refractivity contribution in [2.75, 3.05) is 20.2 Å². The van der Waals surface area contributed by atoms with Gasteiger partial charge in [0, 0.05) is 12.6 Å². The molecule has 2 heteroatoms. The predicted molar refractivity (Wildman–Crippen MR) is 94.9 cm³/mol. The van der Waals surface area contributed by atoms with Crippen LogP contribution in [0.4, 0.5) is 0 Å². The molecule has 21 heavy (non-hydrogen) atoms.